The largest absolute Gasteiger partial charge is 0.497 e. The summed E-state index contributed by atoms with van der Waals surface area (Å²) in [6.45, 7) is 0.387. The Morgan fingerprint density at radius 3 is 3.05 bits per heavy atom. The summed E-state index contributed by atoms with van der Waals surface area (Å²) in [5.41, 5.74) is 1.80. The summed E-state index contributed by atoms with van der Waals surface area (Å²) in [7, 11) is 1.60. The van der Waals surface area contributed by atoms with Crippen LogP contribution in [-0.2, 0) is 6.54 Å². The minimum absolute atomic E-state index is 0.274. The van der Waals surface area contributed by atoms with Crippen LogP contribution in [0, 0.1) is 0 Å². The van der Waals surface area contributed by atoms with Gasteiger partial charge in [0.05, 0.1) is 13.3 Å². The second kappa shape index (κ2) is 6.03. The quantitative estimate of drug-likeness (QED) is 0.802. The maximum Gasteiger partial charge on any atom is 0.271 e. The Hall–Kier alpha value is -2.60. The van der Waals surface area contributed by atoms with Crippen molar-refractivity contribution < 1.29 is 9.53 Å². The number of hydrogen-bond donors (Lipinski definition) is 1. The third-order valence-electron chi connectivity index (χ3n) is 3.11. The number of hydrogen-bond acceptors (Lipinski definition) is 4. The van der Waals surface area contributed by atoms with Gasteiger partial charge >= 0.3 is 0 Å². The van der Waals surface area contributed by atoms with Gasteiger partial charge < -0.3 is 10.1 Å². The molecule has 7 heteroatoms. The van der Waals surface area contributed by atoms with Crippen molar-refractivity contribution in [1.29, 1.82) is 0 Å². The molecule has 3 rings (SSSR count). The fourth-order valence-electron chi connectivity index (χ4n) is 2.02. The molecule has 112 valence electrons. The third-order valence-corrected chi connectivity index (χ3v) is 3.31. The van der Waals surface area contributed by atoms with Gasteiger partial charge in [0, 0.05) is 6.54 Å². The Morgan fingerprint density at radius 1 is 1.36 bits per heavy atom. The van der Waals surface area contributed by atoms with Gasteiger partial charge in [0.25, 0.3) is 5.91 Å². The molecule has 1 amide bonds. The third kappa shape index (κ3) is 3.01. The molecule has 6 nitrogen and oxygen atoms in total. The molecule has 0 saturated heterocycles. The highest BCUT2D eigenvalue weighted by Crippen LogP contribution is 2.12. The maximum atomic E-state index is 12.1. The Labute approximate surface area is 131 Å². The molecule has 22 heavy (non-hydrogen) atoms. The molecule has 0 atom stereocenters. The summed E-state index contributed by atoms with van der Waals surface area (Å²) in [6, 6.07) is 10.8. The Balaban J connectivity index is 1.72. The van der Waals surface area contributed by atoms with E-state index >= 15 is 0 Å². The molecule has 1 N–H and O–H groups in total. The van der Waals surface area contributed by atoms with Crippen LogP contribution in [-0.4, -0.2) is 27.6 Å². The number of nitrogens with zero attached hydrogens (tertiary/aromatic N) is 3. The molecule has 0 fully saturated rings. The van der Waals surface area contributed by atoms with Crippen molar-refractivity contribution in [1.82, 2.24) is 19.9 Å². The summed E-state index contributed by atoms with van der Waals surface area (Å²) < 4.78 is 6.62. The first kappa shape index (κ1) is 14.3. The van der Waals surface area contributed by atoms with E-state index in [2.05, 4.69) is 15.4 Å². The van der Waals surface area contributed by atoms with Crippen LogP contribution in [0.2, 0.25) is 5.15 Å². The van der Waals surface area contributed by atoms with Gasteiger partial charge in [-0.15, -0.1) is 0 Å². The van der Waals surface area contributed by atoms with Crippen LogP contribution < -0.4 is 10.1 Å². The van der Waals surface area contributed by atoms with Gasteiger partial charge in [0.2, 0.25) is 0 Å². The molecule has 0 aliphatic heterocycles. The van der Waals surface area contributed by atoms with E-state index in [4.69, 9.17) is 16.3 Å². The van der Waals surface area contributed by atoms with Crippen molar-refractivity contribution in [3.63, 3.8) is 0 Å². The summed E-state index contributed by atoms with van der Waals surface area (Å²) in [5, 5.41) is 7.19. The number of carbonyl (C=O) groups excluding carboxylic acids is 1. The van der Waals surface area contributed by atoms with Crippen molar-refractivity contribution in [3.05, 3.63) is 59.0 Å². The molecule has 0 unspecified atom stereocenters. The summed E-state index contributed by atoms with van der Waals surface area (Å²) in [6.07, 6.45) is 1.54. The monoisotopic (exact) mass is 316 g/mol. The molecular formula is C15H13ClN4O2. The number of carbonyl (C=O) groups is 1. The number of halogens is 1. The molecule has 0 aliphatic rings. The van der Waals surface area contributed by atoms with Gasteiger partial charge in [-0.2, -0.15) is 5.10 Å². The minimum atomic E-state index is -0.274. The predicted octanol–water partition coefficient (Wildman–Crippen LogP) is 2.32. The number of fused-ring (bicyclic) bond motifs is 1. The lowest BCUT2D eigenvalue weighted by Gasteiger charge is -2.05. The van der Waals surface area contributed by atoms with Gasteiger partial charge in [-0.3, -0.25) is 4.79 Å². The lowest BCUT2D eigenvalue weighted by Crippen LogP contribution is -2.23. The second-order valence-electron chi connectivity index (χ2n) is 4.62. The van der Waals surface area contributed by atoms with Crippen LogP contribution in [0.25, 0.3) is 5.65 Å². The molecule has 0 saturated carbocycles. The van der Waals surface area contributed by atoms with Gasteiger partial charge in [0.15, 0.2) is 5.65 Å². The predicted molar refractivity (Wildman–Crippen MR) is 82.2 cm³/mol. The Bertz CT molecular complexity index is 831. The zero-order valence-electron chi connectivity index (χ0n) is 11.8. The molecule has 3 aromatic rings. The summed E-state index contributed by atoms with van der Waals surface area (Å²) in [5.74, 6) is 0.475. The molecular weight excluding hydrogens is 304 g/mol. The smallest absolute Gasteiger partial charge is 0.271 e. The molecule has 2 aromatic heterocycles. The van der Waals surface area contributed by atoms with Crippen molar-refractivity contribution in [2.75, 3.05) is 7.11 Å². The average Bonchev–Trinajstić information content (AvgIpc) is 2.96. The van der Waals surface area contributed by atoms with E-state index in [0.29, 0.717) is 17.3 Å². The molecule has 0 aliphatic carbocycles. The summed E-state index contributed by atoms with van der Waals surface area (Å²) in [4.78, 5) is 16.4. The number of methoxy groups -OCH3 is 1. The minimum Gasteiger partial charge on any atom is -0.497 e. The van der Waals surface area contributed by atoms with Crippen LogP contribution in [0.1, 0.15) is 16.1 Å². The van der Waals surface area contributed by atoms with E-state index < -0.39 is 0 Å². The van der Waals surface area contributed by atoms with Crippen molar-refractivity contribution in [3.8, 4) is 5.75 Å². The molecule has 0 bridgehead atoms. The van der Waals surface area contributed by atoms with E-state index in [9.17, 15) is 4.79 Å². The van der Waals surface area contributed by atoms with E-state index in [1.54, 1.807) is 25.4 Å². The highest BCUT2D eigenvalue weighted by atomic mass is 35.5. The number of nitrogens with one attached hydrogen (secondary N) is 1. The molecule has 2 heterocycles. The van der Waals surface area contributed by atoms with E-state index in [1.807, 2.05) is 24.3 Å². The van der Waals surface area contributed by atoms with Crippen LogP contribution in [0.15, 0.2) is 42.6 Å². The lowest BCUT2D eigenvalue weighted by atomic mass is 10.2. The number of ether oxygens (including phenoxy) is 1. The van der Waals surface area contributed by atoms with Crippen LogP contribution >= 0.6 is 11.6 Å². The van der Waals surface area contributed by atoms with Crippen LogP contribution in [0.3, 0.4) is 0 Å². The Morgan fingerprint density at radius 2 is 2.23 bits per heavy atom. The fourth-order valence-corrected chi connectivity index (χ4v) is 2.17. The van der Waals surface area contributed by atoms with Gasteiger partial charge in [-0.25, -0.2) is 9.50 Å². The first-order valence-corrected chi connectivity index (χ1v) is 6.96. The van der Waals surface area contributed by atoms with Crippen molar-refractivity contribution in [2.24, 2.45) is 0 Å². The lowest BCUT2D eigenvalue weighted by molar-refractivity contribution is 0.0946. The number of benzene rings is 1. The highest BCUT2D eigenvalue weighted by Gasteiger charge is 2.11. The number of imidazole rings is 1. The molecule has 1 aromatic carbocycles. The van der Waals surface area contributed by atoms with Crippen LogP contribution in [0.5, 0.6) is 5.75 Å². The summed E-state index contributed by atoms with van der Waals surface area (Å²) >= 11 is 5.81. The zero-order valence-corrected chi connectivity index (χ0v) is 12.5. The van der Waals surface area contributed by atoms with E-state index in [0.717, 1.165) is 11.3 Å². The first-order chi connectivity index (χ1) is 10.7. The van der Waals surface area contributed by atoms with Crippen molar-refractivity contribution in [2.45, 2.75) is 6.54 Å². The molecule has 0 radical (unpaired) electrons. The topological polar surface area (TPSA) is 68.5 Å². The zero-order chi connectivity index (χ0) is 15.5. The maximum absolute atomic E-state index is 12.1. The van der Waals surface area contributed by atoms with Gasteiger partial charge in [-0.05, 0) is 29.8 Å². The second-order valence-corrected chi connectivity index (χ2v) is 5.01. The average molecular weight is 317 g/mol. The fraction of sp³-hybridized carbons (Fsp3) is 0.133. The number of aromatic nitrogens is 3. The van der Waals surface area contributed by atoms with E-state index in [-0.39, 0.29) is 11.6 Å². The first-order valence-electron chi connectivity index (χ1n) is 6.59. The SMILES string of the molecule is COc1cccc(CNC(=O)c2cn3nc(Cl)ccc3n2)c1. The number of amides is 1. The van der Waals surface area contributed by atoms with Gasteiger partial charge in [0.1, 0.15) is 16.6 Å². The highest BCUT2D eigenvalue weighted by molar-refractivity contribution is 6.29. The number of rotatable bonds is 4. The van der Waals surface area contributed by atoms with Crippen LogP contribution in [0.4, 0.5) is 0 Å². The van der Waals surface area contributed by atoms with Gasteiger partial charge in [-0.1, -0.05) is 23.7 Å². The normalized spacial score (nSPS) is 10.6. The molecule has 0 spiro atoms. The standard InChI is InChI=1S/C15H13ClN4O2/c1-22-11-4-2-3-10(7-11)8-17-15(21)12-9-20-14(18-12)6-5-13(16)19-20/h2-7,9H,8H2,1H3,(H,17,21). The van der Waals surface area contributed by atoms with E-state index in [1.165, 1.54) is 4.52 Å². The Kier molecular flexibility index (Phi) is 3.93. The van der Waals surface area contributed by atoms with Crippen molar-refractivity contribution >= 4 is 23.2 Å².